The summed E-state index contributed by atoms with van der Waals surface area (Å²) < 4.78 is 21.8. The van der Waals surface area contributed by atoms with E-state index in [9.17, 15) is 13.2 Å². The van der Waals surface area contributed by atoms with E-state index in [0.29, 0.717) is 5.56 Å². The lowest BCUT2D eigenvalue weighted by molar-refractivity contribution is 0.0958. The fourth-order valence-corrected chi connectivity index (χ4v) is 1.77. The van der Waals surface area contributed by atoms with E-state index in [0.717, 1.165) is 0 Å². The van der Waals surface area contributed by atoms with Crippen molar-refractivity contribution in [2.45, 2.75) is 4.90 Å². The zero-order valence-electron chi connectivity index (χ0n) is 8.10. The summed E-state index contributed by atoms with van der Waals surface area (Å²) in [6, 6.07) is 5.24. The third kappa shape index (κ3) is 3.26. The first-order valence-corrected chi connectivity index (χ1v) is 6.52. The molecule has 6 heteroatoms. The summed E-state index contributed by atoms with van der Waals surface area (Å²) in [6.07, 6.45) is 4.97. The topological polar surface area (TPSA) is 63.2 Å². The van der Waals surface area contributed by atoms with Gasteiger partial charge in [-0.3, -0.25) is 4.79 Å². The first kappa shape index (κ1) is 12.6. The van der Waals surface area contributed by atoms with Crippen molar-refractivity contribution in [3.05, 3.63) is 29.8 Å². The zero-order valence-corrected chi connectivity index (χ0v) is 9.68. The molecule has 1 aromatic carbocycles. The molecular formula is C10H8ClNO3S. The summed E-state index contributed by atoms with van der Waals surface area (Å²) >= 11 is 0. The van der Waals surface area contributed by atoms with Crippen LogP contribution in [-0.2, 0) is 9.05 Å². The van der Waals surface area contributed by atoms with Gasteiger partial charge in [0.1, 0.15) is 0 Å². The van der Waals surface area contributed by atoms with Crippen LogP contribution in [0.5, 0.6) is 0 Å². The summed E-state index contributed by atoms with van der Waals surface area (Å²) in [5, 5.41) is 2.45. The molecule has 0 fully saturated rings. The molecule has 4 nitrogen and oxygen atoms in total. The van der Waals surface area contributed by atoms with Crippen molar-refractivity contribution in [3.8, 4) is 12.3 Å². The second kappa shape index (κ2) is 5.01. The Morgan fingerprint density at radius 1 is 1.38 bits per heavy atom. The monoisotopic (exact) mass is 257 g/mol. The average Bonchev–Trinajstić information content (AvgIpc) is 2.25. The molecule has 0 atom stereocenters. The van der Waals surface area contributed by atoms with Crippen molar-refractivity contribution in [2.75, 3.05) is 6.54 Å². The minimum atomic E-state index is -3.75. The molecule has 0 saturated carbocycles. The molecule has 0 aliphatic carbocycles. The standard InChI is InChI=1S/C10H8ClNO3S/c1-2-7-12-10(13)8-3-5-9(6-4-8)16(11,14)15/h1,3-6H,7H2,(H,12,13). The number of hydrogen-bond donors (Lipinski definition) is 1. The summed E-state index contributed by atoms with van der Waals surface area (Å²) in [5.74, 6) is 1.89. The van der Waals surface area contributed by atoms with Crippen LogP contribution in [0.1, 0.15) is 10.4 Å². The highest BCUT2D eigenvalue weighted by Gasteiger charge is 2.10. The van der Waals surface area contributed by atoms with Crippen molar-refractivity contribution in [3.63, 3.8) is 0 Å². The van der Waals surface area contributed by atoms with E-state index in [-0.39, 0.29) is 17.3 Å². The Morgan fingerprint density at radius 3 is 2.38 bits per heavy atom. The van der Waals surface area contributed by atoms with Gasteiger partial charge in [-0.2, -0.15) is 0 Å². The number of carbonyl (C=O) groups excluding carboxylic acids is 1. The van der Waals surface area contributed by atoms with Gasteiger partial charge in [0.05, 0.1) is 11.4 Å². The minimum Gasteiger partial charge on any atom is -0.341 e. The fraction of sp³-hybridized carbons (Fsp3) is 0.100. The Balaban J connectivity index is 2.88. The highest BCUT2D eigenvalue weighted by molar-refractivity contribution is 8.13. The zero-order chi connectivity index (χ0) is 12.2. The Morgan fingerprint density at radius 2 is 1.94 bits per heavy atom. The molecular weight excluding hydrogens is 250 g/mol. The second-order valence-electron chi connectivity index (χ2n) is 2.85. The number of amides is 1. The molecule has 0 unspecified atom stereocenters. The summed E-state index contributed by atoms with van der Waals surface area (Å²) in [5.41, 5.74) is 0.319. The average molecular weight is 258 g/mol. The maximum atomic E-state index is 11.4. The molecule has 0 heterocycles. The van der Waals surface area contributed by atoms with Gasteiger partial charge in [-0.1, -0.05) is 5.92 Å². The van der Waals surface area contributed by atoms with E-state index in [1.165, 1.54) is 24.3 Å². The van der Waals surface area contributed by atoms with Crippen molar-refractivity contribution >= 4 is 25.6 Å². The molecule has 1 amide bonds. The molecule has 0 saturated heterocycles. The highest BCUT2D eigenvalue weighted by atomic mass is 35.7. The second-order valence-corrected chi connectivity index (χ2v) is 5.41. The van der Waals surface area contributed by atoms with Crippen LogP contribution < -0.4 is 5.32 Å². The third-order valence-electron chi connectivity index (χ3n) is 1.75. The smallest absolute Gasteiger partial charge is 0.261 e. The first-order chi connectivity index (χ1) is 7.45. The molecule has 0 spiro atoms. The number of rotatable bonds is 3. The molecule has 16 heavy (non-hydrogen) atoms. The maximum absolute atomic E-state index is 11.4. The molecule has 1 aromatic rings. The highest BCUT2D eigenvalue weighted by Crippen LogP contribution is 2.15. The molecule has 1 rings (SSSR count). The van der Waals surface area contributed by atoms with Gasteiger partial charge in [0.25, 0.3) is 15.0 Å². The van der Waals surface area contributed by atoms with Crippen LogP contribution in [0.2, 0.25) is 0 Å². The molecule has 0 bridgehead atoms. The van der Waals surface area contributed by atoms with Crippen LogP contribution in [0.3, 0.4) is 0 Å². The number of terminal acetylenes is 1. The van der Waals surface area contributed by atoms with E-state index in [1.807, 2.05) is 0 Å². The van der Waals surface area contributed by atoms with Crippen LogP contribution in [0, 0.1) is 12.3 Å². The van der Waals surface area contributed by atoms with Crippen molar-refractivity contribution < 1.29 is 13.2 Å². The number of benzene rings is 1. The fourth-order valence-electron chi connectivity index (χ4n) is 1.00. The van der Waals surface area contributed by atoms with Gasteiger partial charge in [0.2, 0.25) is 0 Å². The van der Waals surface area contributed by atoms with Crippen molar-refractivity contribution in [1.82, 2.24) is 5.32 Å². The quantitative estimate of drug-likeness (QED) is 0.649. The maximum Gasteiger partial charge on any atom is 0.261 e. The van der Waals surface area contributed by atoms with Crippen LogP contribution in [0.15, 0.2) is 29.2 Å². The summed E-state index contributed by atoms with van der Waals surface area (Å²) in [6.45, 7) is 0.119. The van der Waals surface area contributed by atoms with Gasteiger partial charge in [-0.05, 0) is 24.3 Å². The van der Waals surface area contributed by atoms with Gasteiger partial charge in [-0.15, -0.1) is 6.42 Å². The van der Waals surface area contributed by atoms with Crippen molar-refractivity contribution in [1.29, 1.82) is 0 Å². The number of halogens is 1. The molecule has 0 aromatic heterocycles. The predicted octanol–water partition coefficient (Wildman–Crippen LogP) is 0.977. The van der Waals surface area contributed by atoms with E-state index >= 15 is 0 Å². The third-order valence-corrected chi connectivity index (χ3v) is 3.12. The lowest BCUT2D eigenvalue weighted by atomic mass is 10.2. The number of nitrogens with one attached hydrogen (secondary N) is 1. The van der Waals surface area contributed by atoms with Gasteiger partial charge < -0.3 is 5.32 Å². The molecule has 0 aliphatic heterocycles. The Kier molecular flexibility index (Phi) is 3.93. The lowest BCUT2D eigenvalue weighted by Gasteiger charge is -2.02. The normalized spacial score (nSPS) is 10.5. The summed E-state index contributed by atoms with van der Waals surface area (Å²) in [7, 11) is 1.37. The molecule has 1 N–H and O–H groups in total. The van der Waals surface area contributed by atoms with Crippen LogP contribution in [0.25, 0.3) is 0 Å². The summed E-state index contributed by atoms with van der Waals surface area (Å²) in [4.78, 5) is 11.3. The lowest BCUT2D eigenvalue weighted by Crippen LogP contribution is -2.23. The number of carbonyl (C=O) groups is 1. The minimum absolute atomic E-state index is 0.0531. The van der Waals surface area contributed by atoms with Gasteiger partial charge in [-0.25, -0.2) is 8.42 Å². The number of hydrogen-bond acceptors (Lipinski definition) is 3. The van der Waals surface area contributed by atoms with Crippen LogP contribution in [-0.4, -0.2) is 20.9 Å². The molecule has 0 radical (unpaired) electrons. The van der Waals surface area contributed by atoms with Crippen molar-refractivity contribution in [2.24, 2.45) is 0 Å². The predicted molar refractivity (Wildman–Crippen MR) is 60.6 cm³/mol. The largest absolute Gasteiger partial charge is 0.341 e. The van der Waals surface area contributed by atoms with Gasteiger partial charge >= 0.3 is 0 Å². The molecule has 84 valence electrons. The Hall–Kier alpha value is -1.51. The molecule has 0 aliphatic rings. The Bertz CT molecular complexity index is 528. The Labute approximate surface area is 98.0 Å². The van der Waals surface area contributed by atoms with Crippen LogP contribution >= 0.6 is 10.7 Å². The van der Waals surface area contributed by atoms with Gasteiger partial charge in [0.15, 0.2) is 0 Å². The SMILES string of the molecule is C#CCNC(=O)c1ccc(S(=O)(=O)Cl)cc1. The first-order valence-electron chi connectivity index (χ1n) is 4.21. The van der Waals surface area contributed by atoms with E-state index in [4.69, 9.17) is 17.1 Å². The van der Waals surface area contributed by atoms with Crippen LogP contribution in [0.4, 0.5) is 0 Å². The van der Waals surface area contributed by atoms with E-state index in [1.54, 1.807) is 0 Å². The van der Waals surface area contributed by atoms with E-state index in [2.05, 4.69) is 11.2 Å². The van der Waals surface area contributed by atoms with E-state index < -0.39 is 9.05 Å². The van der Waals surface area contributed by atoms with Gasteiger partial charge in [0, 0.05) is 16.2 Å².